The van der Waals surface area contributed by atoms with Gasteiger partial charge < -0.3 is 20.3 Å². The molecule has 1 saturated heterocycles. The number of aromatic nitrogens is 3. The largest absolute Gasteiger partial charge is 0.487 e. The summed E-state index contributed by atoms with van der Waals surface area (Å²) in [6.45, 7) is 2.52. The van der Waals surface area contributed by atoms with Crippen LogP contribution in [0.5, 0.6) is 5.75 Å². The second-order valence-corrected chi connectivity index (χ2v) is 8.82. The number of ether oxygens (including phenoxy) is 1. The molecular formula is C23H21ClF2N6O2. The SMILES string of the molecule is O=C(Nc1ccc(OC(F)(F)Cl)cc1)c1cnc(N2CCNC3(CC3)C2)c(-c2cncnc2)c1. The molecule has 2 fully saturated rings. The molecule has 2 aliphatic rings. The third-order valence-electron chi connectivity index (χ3n) is 5.87. The zero-order valence-corrected chi connectivity index (χ0v) is 18.7. The lowest BCUT2D eigenvalue weighted by molar-refractivity contribution is -0.0964. The Labute approximate surface area is 199 Å². The molecule has 1 spiro atoms. The van der Waals surface area contributed by atoms with Gasteiger partial charge in [-0.25, -0.2) is 15.0 Å². The minimum atomic E-state index is -3.81. The van der Waals surface area contributed by atoms with Gasteiger partial charge in [-0.2, -0.15) is 0 Å². The number of carbonyl (C=O) groups is 1. The van der Waals surface area contributed by atoms with Gasteiger partial charge in [0, 0.05) is 72.2 Å². The van der Waals surface area contributed by atoms with Crippen LogP contribution in [0.1, 0.15) is 23.2 Å². The normalized spacial score (nSPS) is 16.9. The predicted octanol–water partition coefficient (Wildman–Crippen LogP) is 3.90. The summed E-state index contributed by atoms with van der Waals surface area (Å²) in [6, 6.07) is 7.23. The maximum absolute atomic E-state index is 12.9. The molecule has 1 aliphatic heterocycles. The molecule has 3 heterocycles. The van der Waals surface area contributed by atoms with Gasteiger partial charge in [0.2, 0.25) is 0 Å². The number of anilines is 2. The van der Waals surface area contributed by atoms with Gasteiger partial charge in [-0.3, -0.25) is 4.79 Å². The van der Waals surface area contributed by atoms with E-state index in [9.17, 15) is 13.6 Å². The number of nitrogens with zero attached hydrogens (tertiary/aromatic N) is 4. The van der Waals surface area contributed by atoms with Gasteiger partial charge >= 0.3 is 5.57 Å². The highest BCUT2D eigenvalue weighted by atomic mass is 35.5. The molecule has 1 saturated carbocycles. The highest BCUT2D eigenvalue weighted by Gasteiger charge is 2.46. The van der Waals surface area contributed by atoms with E-state index in [1.54, 1.807) is 18.5 Å². The van der Waals surface area contributed by atoms with Gasteiger partial charge in [-0.05, 0) is 43.2 Å². The van der Waals surface area contributed by atoms with Gasteiger partial charge in [0.05, 0.1) is 5.56 Å². The summed E-state index contributed by atoms with van der Waals surface area (Å²) >= 11 is 4.78. The fourth-order valence-corrected chi connectivity index (χ4v) is 4.14. The number of benzene rings is 1. The molecular weight excluding hydrogens is 466 g/mol. The van der Waals surface area contributed by atoms with Crippen molar-refractivity contribution in [3.8, 4) is 16.9 Å². The van der Waals surface area contributed by atoms with E-state index in [1.165, 1.54) is 36.8 Å². The molecule has 3 aromatic rings. The highest BCUT2D eigenvalue weighted by Crippen LogP contribution is 2.40. The lowest BCUT2D eigenvalue weighted by atomic mass is 10.1. The molecule has 2 aromatic heterocycles. The van der Waals surface area contributed by atoms with Crippen LogP contribution < -0.4 is 20.3 Å². The Morgan fingerprint density at radius 3 is 2.59 bits per heavy atom. The van der Waals surface area contributed by atoms with E-state index in [0.717, 1.165) is 49.4 Å². The fourth-order valence-electron chi connectivity index (χ4n) is 4.05. The van der Waals surface area contributed by atoms with Crippen molar-refractivity contribution in [2.75, 3.05) is 29.9 Å². The lowest BCUT2D eigenvalue weighted by Crippen LogP contribution is -2.53. The van der Waals surface area contributed by atoms with Gasteiger partial charge in [-0.15, -0.1) is 8.78 Å². The third kappa shape index (κ3) is 5.07. The fraction of sp³-hybridized carbons (Fsp3) is 0.304. The minimum absolute atomic E-state index is 0.125. The van der Waals surface area contributed by atoms with Crippen molar-refractivity contribution in [1.29, 1.82) is 0 Å². The van der Waals surface area contributed by atoms with Crippen molar-refractivity contribution in [2.45, 2.75) is 23.9 Å². The molecule has 1 aliphatic carbocycles. The van der Waals surface area contributed by atoms with Crippen molar-refractivity contribution < 1.29 is 18.3 Å². The molecule has 0 atom stereocenters. The Balaban J connectivity index is 1.39. The number of carbonyl (C=O) groups excluding carboxylic acids is 1. The molecule has 5 rings (SSSR count). The summed E-state index contributed by atoms with van der Waals surface area (Å²) in [7, 11) is 0. The second-order valence-electron chi connectivity index (χ2n) is 8.38. The van der Waals surface area contributed by atoms with E-state index in [-0.39, 0.29) is 11.3 Å². The van der Waals surface area contributed by atoms with Crippen LogP contribution in [0.4, 0.5) is 20.3 Å². The monoisotopic (exact) mass is 486 g/mol. The zero-order valence-electron chi connectivity index (χ0n) is 18.0. The Morgan fingerprint density at radius 2 is 1.91 bits per heavy atom. The van der Waals surface area contributed by atoms with Crippen LogP contribution >= 0.6 is 11.6 Å². The topological polar surface area (TPSA) is 92.3 Å². The van der Waals surface area contributed by atoms with E-state index >= 15 is 0 Å². The Bertz CT molecular complexity index is 1190. The average molecular weight is 487 g/mol. The van der Waals surface area contributed by atoms with E-state index in [2.05, 4.69) is 35.2 Å². The smallest absolute Gasteiger partial charge is 0.420 e. The molecule has 11 heteroatoms. The molecule has 0 bridgehead atoms. The van der Waals surface area contributed by atoms with Crippen molar-refractivity contribution in [1.82, 2.24) is 20.3 Å². The van der Waals surface area contributed by atoms with Crippen molar-refractivity contribution in [3.05, 3.63) is 60.8 Å². The summed E-state index contributed by atoms with van der Waals surface area (Å²) in [5.74, 6) is 0.259. The van der Waals surface area contributed by atoms with Crippen molar-refractivity contribution in [3.63, 3.8) is 0 Å². The van der Waals surface area contributed by atoms with E-state index in [1.807, 2.05) is 0 Å². The number of hydrogen-bond donors (Lipinski definition) is 2. The van der Waals surface area contributed by atoms with Crippen LogP contribution in [-0.2, 0) is 0 Å². The Hall–Kier alpha value is -3.37. The minimum Gasteiger partial charge on any atom is -0.420 e. The molecule has 0 radical (unpaired) electrons. The van der Waals surface area contributed by atoms with Gasteiger partial charge in [0.25, 0.3) is 5.91 Å². The molecule has 1 amide bonds. The number of piperazine rings is 1. The van der Waals surface area contributed by atoms with Crippen LogP contribution in [0, 0.1) is 0 Å². The quantitative estimate of drug-likeness (QED) is 0.510. The average Bonchev–Trinajstić information content (AvgIpc) is 3.57. The first-order valence-corrected chi connectivity index (χ1v) is 11.1. The number of pyridine rings is 1. The zero-order chi connectivity index (χ0) is 23.8. The first-order chi connectivity index (χ1) is 16.3. The van der Waals surface area contributed by atoms with Gasteiger partial charge in [0.1, 0.15) is 17.9 Å². The molecule has 2 N–H and O–H groups in total. The van der Waals surface area contributed by atoms with Crippen molar-refractivity contribution >= 4 is 29.0 Å². The van der Waals surface area contributed by atoms with Gasteiger partial charge in [-0.1, -0.05) is 0 Å². The number of nitrogens with one attached hydrogen (secondary N) is 2. The number of hydrogen-bond acceptors (Lipinski definition) is 7. The van der Waals surface area contributed by atoms with E-state index in [4.69, 9.17) is 11.6 Å². The molecule has 1 aromatic carbocycles. The Morgan fingerprint density at radius 1 is 1.18 bits per heavy atom. The predicted molar refractivity (Wildman–Crippen MR) is 123 cm³/mol. The summed E-state index contributed by atoms with van der Waals surface area (Å²) in [5, 5.41) is 6.32. The van der Waals surface area contributed by atoms with Gasteiger partial charge in [0.15, 0.2) is 0 Å². The first-order valence-electron chi connectivity index (χ1n) is 10.7. The molecule has 34 heavy (non-hydrogen) atoms. The lowest BCUT2D eigenvalue weighted by Gasteiger charge is -2.35. The van der Waals surface area contributed by atoms with E-state index < -0.39 is 11.5 Å². The van der Waals surface area contributed by atoms with Crippen molar-refractivity contribution in [2.24, 2.45) is 0 Å². The number of halogens is 3. The van der Waals surface area contributed by atoms with E-state index in [0.29, 0.717) is 11.3 Å². The van der Waals surface area contributed by atoms with Crippen LogP contribution in [0.25, 0.3) is 11.1 Å². The maximum atomic E-state index is 12.9. The summed E-state index contributed by atoms with van der Waals surface area (Å²) in [6.07, 6.45) is 8.64. The van der Waals surface area contributed by atoms with Crippen LogP contribution in [-0.4, -0.2) is 51.6 Å². The number of alkyl halides is 3. The molecule has 8 nitrogen and oxygen atoms in total. The molecule has 176 valence electrons. The number of amides is 1. The highest BCUT2D eigenvalue weighted by molar-refractivity contribution is 6.20. The van der Waals surface area contributed by atoms with Crippen LogP contribution in [0.2, 0.25) is 0 Å². The summed E-state index contributed by atoms with van der Waals surface area (Å²) < 4.78 is 29.9. The second kappa shape index (κ2) is 8.77. The number of rotatable bonds is 6. The molecule has 0 unspecified atom stereocenters. The Kier molecular flexibility index (Phi) is 5.78. The van der Waals surface area contributed by atoms with Crippen LogP contribution in [0.15, 0.2) is 55.2 Å². The first kappa shape index (κ1) is 22.4. The van der Waals surface area contributed by atoms with Crippen LogP contribution in [0.3, 0.4) is 0 Å². The maximum Gasteiger partial charge on any atom is 0.487 e. The summed E-state index contributed by atoms with van der Waals surface area (Å²) in [5.41, 5.74) is -1.39. The third-order valence-corrected chi connectivity index (χ3v) is 5.95. The summed E-state index contributed by atoms with van der Waals surface area (Å²) in [4.78, 5) is 28.1. The standard InChI is InChI=1S/C23H21ClF2N6O2/c24-23(25,26)34-18-3-1-17(2-4-18)31-21(33)15-9-19(16-10-27-14-28-11-16)20(29-12-15)32-8-7-30-22(13-32)5-6-22/h1-4,9-12,14,30H,5-8,13H2,(H,31,33).